The quantitative estimate of drug-likeness (QED) is 0.359. The van der Waals surface area contributed by atoms with Crippen LogP contribution < -0.4 is 0 Å². The standard InChI is InChI=1S/C20H19NO5/c1-19-17(25-18(22)14-9-11-16(12-10-14)21(23)24)8-5-13-20(19,26-19)15-6-3-2-4-7-15/h2-4,6-7,9-12,17H,5,8,13H2,1H3/t17-,19-,20-/m0/s1. The molecule has 6 heteroatoms. The van der Waals surface area contributed by atoms with Crippen molar-refractivity contribution in [2.75, 3.05) is 0 Å². The van der Waals surface area contributed by atoms with Crippen LogP contribution in [0.4, 0.5) is 5.69 Å². The second-order valence-corrected chi connectivity index (χ2v) is 6.99. The van der Waals surface area contributed by atoms with E-state index in [9.17, 15) is 14.9 Å². The van der Waals surface area contributed by atoms with Crippen molar-refractivity contribution < 1.29 is 19.2 Å². The van der Waals surface area contributed by atoms with E-state index in [1.54, 1.807) is 0 Å². The third kappa shape index (κ3) is 2.49. The normalized spacial score (nSPS) is 29.5. The van der Waals surface area contributed by atoms with Crippen molar-refractivity contribution >= 4 is 11.7 Å². The van der Waals surface area contributed by atoms with E-state index in [0.29, 0.717) is 5.56 Å². The molecule has 1 aliphatic carbocycles. The van der Waals surface area contributed by atoms with Gasteiger partial charge in [0, 0.05) is 12.1 Å². The maximum atomic E-state index is 12.5. The number of fused-ring (bicyclic) bond motifs is 1. The molecule has 0 aromatic heterocycles. The molecule has 2 aliphatic rings. The summed E-state index contributed by atoms with van der Waals surface area (Å²) in [5.74, 6) is -0.481. The van der Waals surface area contributed by atoms with Crippen LogP contribution in [0.1, 0.15) is 42.1 Å². The average Bonchev–Trinajstić information content (AvgIpc) is 3.31. The molecule has 2 fully saturated rings. The van der Waals surface area contributed by atoms with Crippen molar-refractivity contribution in [1.82, 2.24) is 0 Å². The minimum atomic E-state index is -0.539. The molecule has 0 N–H and O–H groups in total. The lowest BCUT2D eigenvalue weighted by Gasteiger charge is -2.30. The first-order valence-electron chi connectivity index (χ1n) is 8.67. The van der Waals surface area contributed by atoms with E-state index >= 15 is 0 Å². The zero-order valence-electron chi connectivity index (χ0n) is 14.4. The molecule has 2 aromatic rings. The highest BCUT2D eigenvalue weighted by Crippen LogP contribution is 2.64. The van der Waals surface area contributed by atoms with Crippen molar-refractivity contribution in [3.05, 3.63) is 75.8 Å². The number of nitro benzene ring substituents is 1. The lowest BCUT2D eigenvalue weighted by Crippen LogP contribution is -2.41. The van der Waals surface area contributed by atoms with E-state index in [4.69, 9.17) is 9.47 Å². The van der Waals surface area contributed by atoms with Gasteiger partial charge in [-0.2, -0.15) is 0 Å². The number of rotatable bonds is 4. The zero-order chi connectivity index (χ0) is 18.4. The lowest BCUT2D eigenvalue weighted by molar-refractivity contribution is -0.384. The van der Waals surface area contributed by atoms with Crippen LogP contribution in [-0.4, -0.2) is 22.6 Å². The SMILES string of the molecule is C[C@@]12O[C@]1(c1ccccc1)CCC[C@@H]2OC(=O)c1ccc([N+](=O)[O-])cc1. The molecule has 0 bridgehead atoms. The first-order chi connectivity index (χ1) is 12.5. The Hall–Kier alpha value is -2.73. The Morgan fingerprint density at radius 2 is 1.88 bits per heavy atom. The molecule has 0 radical (unpaired) electrons. The van der Waals surface area contributed by atoms with Gasteiger partial charge in [0.25, 0.3) is 5.69 Å². The van der Waals surface area contributed by atoms with Gasteiger partial charge in [0.05, 0.1) is 10.5 Å². The van der Waals surface area contributed by atoms with E-state index in [-0.39, 0.29) is 11.8 Å². The third-order valence-corrected chi connectivity index (χ3v) is 5.56. The summed E-state index contributed by atoms with van der Waals surface area (Å²) in [6.07, 6.45) is 2.20. The summed E-state index contributed by atoms with van der Waals surface area (Å²) in [7, 11) is 0. The fourth-order valence-electron chi connectivity index (χ4n) is 4.06. The second kappa shape index (κ2) is 5.92. The fraction of sp³-hybridized carbons (Fsp3) is 0.350. The second-order valence-electron chi connectivity index (χ2n) is 6.99. The smallest absolute Gasteiger partial charge is 0.338 e. The van der Waals surface area contributed by atoms with Crippen LogP contribution in [0.15, 0.2) is 54.6 Å². The van der Waals surface area contributed by atoms with E-state index in [2.05, 4.69) is 0 Å². The van der Waals surface area contributed by atoms with E-state index in [1.807, 2.05) is 37.3 Å². The van der Waals surface area contributed by atoms with Gasteiger partial charge in [0.2, 0.25) is 0 Å². The van der Waals surface area contributed by atoms with E-state index < -0.39 is 22.1 Å². The van der Waals surface area contributed by atoms with Gasteiger partial charge >= 0.3 is 5.97 Å². The Bertz CT molecular complexity index is 850. The Labute approximate surface area is 150 Å². The summed E-state index contributed by atoms with van der Waals surface area (Å²) in [4.78, 5) is 22.7. The molecular weight excluding hydrogens is 334 g/mol. The van der Waals surface area contributed by atoms with Crippen molar-refractivity contribution in [2.45, 2.75) is 43.5 Å². The highest BCUT2D eigenvalue weighted by Gasteiger charge is 2.73. The first-order valence-corrected chi connectivity index (χ1v) is 8.67. The molecule has 1 heterocycles. The van der Waals surface area contributed by atoms with Crippen LogP contribution in [0, 0.1) is 10.1 Å². The van der Waals surface area contributed by atoms with Gasteiger partial charge in [-0.3, -0.25) is 10.1 Å². The maximum absolute atomic E-state index is 12.5. The molecule has 4 rings (SSSR count). The molecule has 0 amide bonds. The van der Waals surface area contributed by atoms with Crippen LogP contribution in [0.5, 0.6) is 0 Å². The van der Waals surface area contributed by atoms with Crippen LogP contribution in [0.25, 0.3) is 0 Å². The minimum absolute atomic E-state index is 0.0557. The number of carbonyl (C=O) groups is 1. The van der Waals surface area contributed by atoms with Gasteiger partial charge in [0.1, 0.15) is 17.3 Å². The predicted octanol–water partition coefficient (Wildman–Crippen LogP) is 3.99. The number of hydrogen-bond donors (Lipinski definition) is 0. The molecule has 1 aliphatic heterocycles. The Morgan fingerprint density at radius 1 is 1.19 bits per heavy atom. The number of nitrogens with zero attached hydrogens (tertiary/aromatic N) is 1. The monoisotopic (exact) mass is 353 g/mol. The largest absolute Gasteiger partial charge is 0.456 e. The number of benzene rings is 2. The van der Waals surface area contributed by atoms with Gasteiger partial charge in [0.15, 0.2) is 0 Å². The molecule has 2 aromatic carbocycles. The van der Waals surface area contributed by atoms with Gasteiger partial charge in [-0.25, -0.2) is 4.79 Å². The molecule has 6 nitrogen and oxygen atoms in total. The number of epoxide rings is 1. The summed E-state index contributed by atoms with van der Waals surface area (Å²) < 4.78 is 11.9. The third-order valence-electron chi connectivity index (χ3n) is 5.56. The average molecular weight is 353 g/mol. The van der Waals surface area contributed by atoms with Crippen molar-refractivity contribution in [3.8, 4) is 0 Å². The summed E-state index contributed by atoms with van der Waals surface area (Å²) in [5, 5.41) is 10.7. The molecule has 0 unspecified atom stereocenters. The van der Waals surface area contributed by atoms with Gasteiger partial charge < -0.3 is 9.47 Å². The number of hydrogen-bond acceptors (Lipinski definition) is 5. The molecule has 1 saturated carbocycles. The molecule has 3 atom stereocenters. The molecule has 1 saturated heterocycles. The number of non-ortho nitro benzene ring substituents is 1. The number of carbonyl (C=O) groups excluding carboxylic acids is 1. The van der Waals surface area contributed by atoms with Gasteiger partial charge in [-0.15, -0.1) is 0 Å². The lowest BCUT2D eigenvalue weighted by atomic mass is 9.75. The highest BCUT2D eigenvalue weighted by atomic mass is 16.7. The molecule has 26 heavy (non-hydrogen) atoms. The topological polar surface area (TPSA) is 82.0 Å². The Kier molecular flexibility index (Phi) is 3.80. The summed E-state index contributed by atoms with van der Waals surface area (Å²) in [5.41, 5.74) is 0.421. The predicted molar refractivity (Wildman–Crippen MR) is 93.8 cm³/mol. The molecule has 134 valence electrons. The van der Waals surface area contributed by atoms with E-state index in [0.717, 1.165) is 24.8 Å². The summed E-state index contributed by atoms with van der Waals surface area (Å²) in [6.45, 7) is 1.99. The van der Waals surface area contributed by atoms with Gasteiger partial charge in [-0.1, -0.05) is 30.3 Å². The van der Waals surface area contributed by atoms with Crippen molar-refractivity contribution in [2.24, 2.45) is 0 Å². The molecular formula is C20H19NO5. The number of nitro groups is 1. The zero-order valence-corrected chi connectivity index (χ0v) is 14.4. The molecule has 0 spiro atoms. The number of esters is 1. The highest BCUT2D eigenvalue weighted by molar-refractivity contribution is 5.89. The van der Waals surface area contributed by atoms with Crippen LogP contribution in [0.3, 0.4) is 0 Å². The summed E-state index contributed by atoms with van der Waals surface area (Å²) in [6, 6.07) is 15.5. The first kappa shape index (κ1) is 16.7. The number of ether oxygens (including phenoxy) is 2. The van der Waals surface area contributed by atoms with Crippen molar-refractivity contribution in [1.29, 1.82) is 0 Å². The Morgan fingerprint density at radius 3 is 2.54 bits per heavy atom. The fourth-order valence-corrected chi connectivity index (χ4v) is 4.06. The Balaban J connectivity index is 1.52. The maximum Gasteiger partial charge on any atom is 0.338 e. The van der Waals surface area contributed by atoms with Crippen molar-refractivity contribution in [3.63, 3.8) is 0 Å². The summed E-state index contributed by atoms with van der Waals surface area (Å²) >= 11 is 0. The van der Waals surface area contributed by atoms with Gasteiger partial charge in [-0.05, 0) is 43.9 Å². The van der Waals surface area contributed by atoms with Crippen LogP contribution in [0.2, 0.25) is 0 Å². The van der Waals surface area contributed by atoms with E-state index in [1.165, 1.54) is 24.3 Å². The van der Waals surface area contributed by atoms with Crippen LogP contribution >= 0.6 is 0 Å². The minimum Gasteiger partial charge on any atom is -0.456 e. The van der Waals surface area contributed by atoms with Crippen LogP contribution in [-0.2, 0) is 15.1 Å².